The minimum atomic E-state index is 0.490. The summed E-state index contributed by atoms with van der Waals surface area (Å²) < 4.78 is 1.04. The maximum absolute atomic E-state index is 4.35. The van der Waals surface area contributed by atoms with Crippen LogP contribution in [0.3, 0.4) is 0 Å². The second-order valence-corrected chi connectivity index (χ2v) is 6.64. The van der Waals surface area contributed by atoms with Gasteiger partial charge in [-0.15, -0.1) is 0 Å². The van der Waals surface area contributed by atoms with Crippen LogP contribution >= 0.6 is 15.9 Å². The molecule has 2 aromatic rings. The Kier molecular flexibility index (Phi) is 5.00. The molecule has 0 aromatic carbocycles. The number of piperidine rings is 1. The second kappa shape index (κ2) is 7.15. The zero-order valence-electron chi connectivity index (χ0n) is 12.7. The van der Waals surface area contributed by atoms with Crippen molar-refractivity contribution in [2.45, 2.75) is 25.4 Å². The molecule has 0 spiro atoms. The molecular formula is C16H20BrN5. The van der Waals surface area contributed by atoms with E-state index in [4.69, 9.17) is 0 Å². The standard InChI is InChI=1S/C16H20BrN5/c1-21(16-4-5-18-12-20-16)15-3-2-6-22(11-15)10-13-7-14(17)9-19-8-13/h4-5,7-9,12,15H,2-3,6,10-11H2,1H3. The van der Waals surface area contributed by atoms with Gasteiger partial charge in [-0.1, -0.05) is 0 Å². The normalized spacial score (nSPS) is 19.1. The number of aromatic nitrogens is 3. The first-order valence-electron chi connectivity index (χ1n) is 7.53. The molecule has 116 valence electrons. The molecule has 2 aromatic heterocycles. The number of halogens is 1. The van der Waals surface area contributed by atoms with Crippen LogP contribution in [-0.2, 0) is 6.54 Å². The highest BCUT2D eigenvalue weighted by Gasteiger charge is 2.24. The van der Waals surface area contributed by atoms with E-state index in [1.54, 1.807) is 12.5 Å². The summed E-state index contributed by atoms with van der Waals surface area (Å²) in [4.78, 5) is 17.4. The molecule has 6 heteroatoms. The van der Waals surface area contributed by atoms with Crippen molar-refractivity contribution in [1.29, 1.82) is 0 Å². The van der Waals surface area contributed by atoms with Crippen LogP contribution in [0.4, 0.5) is 5.82 Å². The first-order valence-corrected chi connectivity index (χ1v) is 8.32. The van der Waals surface area contributed by atoms with Gasteiger partial charge in [-0.3, -0.25) is 9.88 Å². The zero-order chi connectivity index (χ0) is 15.4. The predicted molar refractivity (Wildman–Crippen MR) is 90.7 cm³/mol. The van der Waals surface area contributed by atoms with E-state index < -0.39 is 0 Å². The third-order valence-electron chi connectivity index (χ3n) is 4.12. The van der Waals surface area contributed by atoms with Crippen LogP contribution < -0.4 is 4.90 Å². The van der Waals surface area contributed by atoms with Gasteiger partial charge in [-0.2, -0.15) is 0 Å². The lowest BCUT2D eigenvalue weighted by molar-refractivity contribution is 0.198. The average Bonchev–Trinajstić information content (AvgIpc) is 2.55. The predicted octanol–water partition coefficient (Wildman–Crippen LogP) is 2.73. The topological polar surface area (TPSA) is 45.2 Å². The maximum Gasteiger partial charge on any atom is 0.131 e. The minimum Gasteiger partial charge on any atom is -0.355 e. The number of likely N-dealkylation sites (tertiary alicyclic amines) is 1. The molecule has 0 saturated carbocycles. The van der Waals surface area contributed by atoms with Crippen LogP contribution in [-0.4, -0.2) is 46.0 Å². The molecule has 0 amide bonds. The third kappa shape index (κ3) is 3.81. The van der Waals surface area contributed by atoms with E-state index in [0.29, 0.717) is 6.04 Å². The smallest absolute Gasteiger partial charge is 0.131 e. The van der Waals surface area contributed by atoms with Gasteiger partial charge < -0.3 is 4.90 Å². The Hall–Kier alpha value is -1.53. The van der Waals surface area contributed by atoms with Crippen molar-refractivity contribution in [2.24, 2.45) is 0 Å². The summed E-state index contributed by atoms with van der Waals surface area (Å²) in [6.45, 7) is 3.13. The van der Waals surface area contributed by atoms with E-state index in [9.17, 15) is 0 Å². The van der Waals surface area contributed by atoms with Crippen molar-refractivity contribution in [2.75, 3.05) is 25.0 Å². The van der Waals surface area contributed by atoms with E-state index in [1.165, 1.54) is 18.4 Å². The van der Waals surface area contributed by atoms with Gasteiger partial charge in [0.25, 0.3) is 0 Å². The molecule has 5 nitrogen and oxygen atoms in total. The van der Waals surface area contributed by atoms with Gasteiger partial charge in [0.15, 0.2) is 0 Å². The Balaban J connectivity index is 1.64. The highest BCUT2D eigenvalue weighted by molar-refractivity contribution is 9.10. The van der Waals surface area contributed by atoms with Crippen LogP contribution in [0.5, 0.6) is 0 Å². The van der Waals surface area contributed by atoms with E-state index in [0.717, 1.165) is 29.9 Å². The van der Waals surface area contributed by atoms with E-state index >= 15 is 0 Å². The van der Waals surface area contributed by atoms with Gasteiger partial charge in [0, 0.05) is 49.2 Å². The summed E-state index contributed by atoms with van der Waals surface area (Å²) >= 11 is 3.49. The van der Waals surface area contributed by atoms with Crippen LogP contribution in [0.1, 0.15) is 18.4 Å². The Morgan fingerprint density at radius 2 is 2.27 bits per heavy atom. The Morgan fingerprint density at radius 3 is 3.05 bits per heavy atom. The summed E-state index contributed by atoms with van der Waals surface area (Å²) in [5, 5.41) is 0. The van der Waals surface area contributed by atoms with E-state index in [-0.39, 0.29) is 0 Å². The Bertz CT molecular complexity index is 606. The summed E-state index contributed by atoms with van der Waals surface area (Å²) in [5.74, 6) is 0.992. The van der Waals surface area contributed by atoms with E-state index in [2.05, 4.69) is 53.8 Å². The van der Waals surface area contributed by atoms with Gasteiger partial charge in [-0.25, -0.2) is 9.97 Å². The van der Waals surface area contributed by atoms with Crippen molar-refractivity contribution in [3.8, 4) is 0 Å². The molecule has 0 radical (unpaired) electrons. The third-order valence-corrected chi connectivity index (χ3v) is 4.56. The summed E-state index contributed by atoms with van der Waals surface area (Å²) in [7, 11) is 2.12. The van der Waals surface area contributed by atoms with Crippen molar-refractivity contribution in [3.05, 3.63) is 47.1 Å². The lowest BCUT2D eigenvalue weighted by Crippen LogP contribution is -2.46. The van der Waals surface area contributed by atoms with Crippen LogP contribution in [0.2, 0.25) is 0 Å². The number of hydrogen-bond donors (Lipinski definition) is 0. The molecule has 1 unspecified atom stereocenters. The molecule has 0 bridgehead atoms. The second-order valence-electron chi connectivity index (χ2n) is 5.72. The lowest BCUT2D eigenvalue weighted by atomic mass is 10.0. The number of anilines is 1. The molecule has 3 rings (SSSR count). The molecule has 1 aliphatic rings. The van der Waals surface area contributed by atoms with Gasteiger partial charge in [0.2, 0.25) is 0 Å². The van der Waals surface area contributed by atoms with Crippen molar-refractivity contribution >= 4 is 21.7 Å². The van der Waals surface area contributed by atoms with Crippen molar-refractivity contribution in [1.82, 2.24) is 19.9 Å². The lowest BCUT2D eigenvalue weighted by Gasteiger charge is -2.38. The number of hydrogen-bond acceptors (Lipinski definition) is 5. The largest absolute Gasteiger partial charge is 0.355 e. The zero-order valence-corrected chi connectivity index (χ0v) is 14.3. The van der Waals surface area contributed by atoms with Crippen LogP contribution in [0.15, 0.2) is 41.5 Å². The molecule has 1 atom stereocenters. The Labute approximate surface area is 139 Å². The fourth-order valence-electron chi connectivity index (χ4n) is 2.97. The maximum atomic E-state index is 4.35. The number of likely N-dealkylation sites (N-methyl/N-ethyl adjacent to an activating group) is 1. The fraction of sp³-hybridized carbons (Fsp3) is 0.438. The molecule has 0 N–H and O–H groups in total. The summed E-state index contributed by atoms with van der Waals surface area (Å²) in [6.07, 6.45) is 9.59. The molecule has 1 fully saturated rings. The molecular weight excluding hydrogens is 342 g/mol. The molecule has 3 heterocycles. The fourth-order valence-corrected chi connectivity index (χ4v) is 3.38. The number of pyridine rings is 1. The van der Waals surface area contributed by atoms with Gasteiger partial charge in [0.05, 0.1) is 0 Å². The molecule has 1 aliphatic heterocycles. The highest BCUT2D eigenvalue weighted by atomic mass is 79.9. The van der Waals surface area contributed by atoms with E-state index in [1.807, 2.05) is 18.5 Å². The molecule has 0 aliphatic carbocycles. The van der Waals surface area contributed by atoms with Crippen molar-refractivity contribution in [3.63, 3.8) is 0 Å². The average molecular weight is 362 g/mol. The first-order chi connectivity index (χ1) is 10.7. The summed E-state index contributed by atoms with van der Waals surface area (Å²) in [6, 6.07) is 4.60. The van der Waals surface area contributed by atoms with Gasteiger partial charge in [-0.05, 0) is 53.0 Å². The monoisotopic (exact) mass is 361 g/mol. The van der Waals surface area contributed by atoms with Crippen LogP contribution in [0.25, 0.3) is 0 Å². The summed E-state index contributed by atoms with van der Waals surface area (Å²) in [5.41, 5.74) is 1.25. The minimum absolute atomic E-state index is 0.490. The number of rotatable bonds is 4. The number of nitrogens with zero attached hydrogens (tertiary/aromatic N) is 5. The molecule has 22 heavy (non-hydrogen) atoms. The molecule has 1 saturated heterocycles. The van der Waals surface area contributed by atoms with Gasteiger partial charge in [0.1, 0.15) is 12.1 Å². The first kappa shape index (κ1) is 15.4. The van der Waals surface area contributed by atoms with Gasteiger partial charge >= 0.3 is 0 Å². The quantitative estimate of drug-likeness (QED) is 0.837. The SMILES string of the molecule is CN(c1ccncn1)C1CCCN(Cc2cncc(Br)c2)C1. The van der Waals surface area contributed by atoms with Crippen LogP contribution in [0, 0.1) is 0 Å². The van der Waals surface area contributed by atoms with Crippen molar-refractivity contribution < 1.29 is 0 Å². The Morgan fingerprint density at radius 1 is 1.36 bits per heavy atom. The highest BCUT2D eigenvalue weighted by Crippen LogP contribution is 2.21.